The van der Waals surface area contributed by atoms with Crippen LogP contribution in [0.4, 0.5) is 0 Å². The molecule has 1 aromatic carbocycles. The van der Waals surface area contributed by atoms with Crippen molar-refractivity contribution in [3.8, 4) is 0 Å². The summed E-state index contributed by atoms with van der Waals surface area (Å²) in [6, 6.07) is 4.54. The van der Waals surface area contributed by atoms with Crippen molar-refractivity contribution in [2.45, 2.75) is 32.1 Å². The summed E-state index contributed by atoms with van der Waals surface area (Å²) in [6.45, 7) is 7.61. The van der Waals surface area contributed by atoms with Gasteiger partial charge >= 0.3 is 0 Å². The van der Waals surface area contributed by atoms with Crippen molar-refractivity contribution in [2.75, 3.05) is 13.1 Å². The normalized spacial score (nSPS) is 22.6. The Bertz CT molecular complexity index is 645. The highest BCUT2D eigenvalue weighted by molar-refractivity contribution is 7.89. The molecule has 116 valence electrons. The van der Waals surface area contributed by atoms with Crippen LogP contribution in [-0.2, 0) is 16.4 Å². The van der Waals surface area contributed by atoms with Crippen molar-refractivity contribution in [3.05, 3.63) is 29.3 Å². The molecule has 0 aromatic heterocycles. The molecule has 0 saturated carbocycles. The molecule has 0 spiro atoms. The number of sulfonamides is 1. The summed E-state index contributed by atoms with van der Waals surface area (Å²) in [6.07, 6.45) is 0.672. The number of carbonyl (C=O) groups excluding carboxylic acids is 1. The summed E-state index contributed by atoms with van der Waals surface area (Å²) in [5.41, 5.74) is 1.30. The van der Waals surface area contributed by atoms with Crippen LogP contribution >= 0.6 is 0 Å². The van der Waals surface area contributed by atoms with E-state index in [-0.39, 0.29) is 10.8 Å². The van der Waals surface area contributed by atoms with Crippen LogP contribution in [0.5, 0.6) is 0 Å². The summed E-state index contributed by atoms with van der Waals surface area (Å²) in [5.74, 6) is 0.814. The van der Waals surface area contributed by atoms with Crippen LogP contribution in [0.2, 0.25) is 0 Å². The lowest BCUT2D eigenvalue weighted by atomic mass is 10.0. The molecule has 1 aliphatic heterocycles. The van der Waals surface area contributed by atoms with Crippen LogP contribution < -0.4 is 5.14 Å². The molecule has 0 aliphatic carbocycles. The van der Waals surface area contributed by atoms with Crippen LogP contribution in [0.25, 0.3) is 0 Å². The van der Waals surface area contributed by atoms with E-state index in [1.54, 1.807) is 11.0 Å². The predicted molar refractivity (Wildman–Crippen MR) is 81.4 cm³/mol. The Balaban J connectivity index is 2.40. The van der Waals surface area contributed by atoms with E-state index in [0.29, 0.717) is 36.9 Å². The molecule has 2 atom stereocenters. The van der Waals surface area contributed by atoms with Crippen molar-refractivity contribution >= 4 is 15.9 Å². The minimum atomic E-state index is -3.80. The molecule has 1 amide bonds. The summed E-state index contributed by atoms with van der Waals surface area (Å²) >= 11 is 0. The third kappa shape index (κ3) is 3.27. The van der Waals surface area contributed by atoms with Gasteiger partial charge in [0.25, 0.3) is 5.91 Å². The molecule has 2 unspecified atom stereocenters. The zero-order valence-electron chi connectivity index (χ0n) is 12.7. The van der Waals surface area contributed by atoms with E-state index < -0.39 is 10.0 Å². The van der Waals surface area contributed by atoms with Gasteiger partial charge in [-0.2, -0.15) is 0 Å². The zero-order valence-corrected chi connectivity index (χ0v) is 13.5. The lowest BCUT2D eigenvalue weighted by Crippen LogP contribution is -2.30. The van der Waals surface area contributed by atoms with Crippen molar-refractivity contribution in [3.63, 3.8) is 0 Å². The minimum absolute atomic E-state index is 0.0108. The van der Waals surface area contributed by atoms with Gasteiger partial charge in [-0.25, -0.2) is 13.6 Å². The summed E-state index contributed by atoms with van der Waals surface area (Å²) in [4.78, 5) is 14.5. The molecule has 2 N–H and O–H groups in total. The van der Waals surface area contributed by atoms with Gasteiger partial charge in [-0.15, -0.1) is 0 Å². The molecule has 1 fully saturated rings. The van der Waals surface area contributed by atoms with Gasteiger partial charge in [0.15, 0.2) is 0 Å². The maximum atomic E-state index is 12.7. The minimum Gasteiger partial charge on any atom is -0.338 e. The highest BCUT2D eigenvalue weighted by Crippen LogP contribution is 2.25. The van der Waals surface area contributed by atoms with Gasteiger partial charge in [0.1, 0.15) is 0 Å². The van der Waals surface area contributed by atoms with E-state index in [1.165, 1.54) is 12.1 Å². The van der Waals surface area contributed by atoms with Crippen molar-refractivity contribution < 1.29 is 13.2 Å². The van der Waals surface area contributed by atoms with Gasteiger partial charge in [-0.3, -0.25) is 4.79 Å². The molecule has 1 heterocycles. The Kier molecular flexibility index (Phi) is 4.39. The number of rotatable bonds is 3. The fraction of sp³-hybridized carbons (Fsp3) is 0.533. The van der Waals surface area contributed by atoms with E-state index in [0.717, 1.165) is 5.56 Å². The maximum Gasteiger partial charge on any atom is 0.254 e. The van der Waals surface area contributed by atoms with E-state index >= 15 is 0 Å². The number of benzene rings is 1. The predicted octanol–water partition coefficient (Wildman–Crippen LogP) is 1.62. The standard InChI is InChI=1S/C15H22N2O3S/c1-4-12-5-6-13(21(16,19)20)7-14(12)15(18)17-8-10(2)11(3)9-17/h5-7,10-11H,4,8-9H2,1-3H3,(H2,16,19,20). The number of carbonyl (C=O) groups is 1. The molecule has 5 nitrogen and oxygen atoms in total. The topological polar surface area (TPSA) is 80.5 Å². The quantitative estimate of drug-likeness (QED) is 0.921. The number of hydrogen-bond acceptors (Lipinski definition) is 3. The molecule has 0 radical (unpaired) electrons. The van der Waals surface area contributed by atoms with E-state index in [9.17, 15) is 13.2 Å². The lowest BCUT2D eigenvalue weighted by Gasteiger charge is -2.18. The molecule has 1 aromatic rings. The molecule has 21 heavy (non-hydrogen) atoms. The first kappa shape index (κ1) is 16.0. The Morgan fingerprint density at radius 2 is 1.86 bits per heavy atom. The molecule has 1 aliphatic rings. The number of likely N-dealkylation sites (tertiary alicyclic amines) is 1. The van der Waals surface area contributed by atoms with Gasteiger partial charge in [0.05, 0.1) is 4.90 Å². The average Bonchev–Trinajstić information content (AvgIpc) is 2.76. The molecule has 2 rings (SSSR count). The maximum absolute atomic E-state index is 12.7. The fourth-order valence-corrected chi connectivity index (χ4v) is 3.25. The first-order valence-electron chi connectivity index (χ1n) is 7.19. The van der Waals surface area contributed by atoms with E-state index in [4.69, 9.17) is 5.14 Å². The zero-order chi connectivity index (χ0) is 15.8. The number of amides is 1. The van der Waals surface area contributed by atoms with Crippen LogP contribution in [0, 0.1) is 11.8 Å². The number of aryl methyl sites for hydroxylation is 1. The second-order valence-electron chi connectivity index (χ2n) is 5.88. The Labute approximate surface area is 126 Å². The van der Waals surface area contributed by atoms with Crippen molar-refractivity contribution in [1.82, 2.24) is 4.90 Å². The van der Waals surface area contributed by atoms with Crippen LogP contribution in [0.3, 0.4) is 0 Å². The molecule has 1 saturated heterocycles. The fourth-order valence-electron chi connectivity index (χ4n) is 2.71. The molecular formula is C15H22N2O3S. The molecular weight excluding hydrogens is 288 g/mol. The van der Waals surface area contributed by atoms with E-state index in [2.05, 4.69) is 13.8 Å². The smallest absolute Gasteiger partial charge is 0.254 e. The van der Waals surface area contributed by atoms with Gasteiger partial charge in [0, 0.05) is 18.7 Å². The SMILES string of the molecule is CCc1ccc(S(N)(=O)=O)cc1C(=O)N1CC(C)C(C)C1. The van der Waals surface area contributed by atoms with Crippen LogP contribution in [-0.4, -0.2) is 32.3 Å². The second-order valence-corrected chi connectivity index (χ2v) is 7.44. The van der Waals surface area contributed by atoms with Gasteiger partial charge in [-0.1, -0.05) is 26.8 Å². The van der Waals surface area contributed by atoms with Crippen LogP contribution in [0.1, 0.15) is 36.7 Å². The first-order valence-corrected chi connectivity index (χ1v) is 8.73. The Morgan fingerprint density at radius 3 is 2.33 bits per heavy atom. The number of hydrogen-bond donors (Lipinski definition) is 1. The Hall–Kier alpha value is -1.40. The highest BCUT2D eigenvalue weighted by atomic mass is 32.2. The lowest BCUT2D eigenvalue weighted by molar-refractivity contribution is 0.0783. The third-order valence-corrected chi connectivity index (χ3v) is 5.21. The number of nitrogens with zero attached hydrogens (tertiary/aromatic N) is 1. The number of primary sulfonamides is 1. The summed E-state index contributed by atoms with van der Waals surface area (Å²) in [5, 5.41) is 5.16. The largest absolute Gasteiger partial charge is 0.338 e. The van der Waals surface area contributed by atoms with Crippen molar-refractivity contribution in [2.24, 2.45) is 17.0 Å². The third-order valence-electron chi connectivity index (χ3n) is 4.30. The molecule has 6 heteroatoms. The summed E-state index contributed by atoms with van der Waals surface area (Å²) < 4.78 is 23.0. The molecule has 0 bridgehead atoms. The summed E-state index contributed by atoms with van der Waals surface area (Å²) in [7, 11) is -3.80. The van der Waals surface area contributed by atoms with Crippen LogP contribution in [0.15, 0.2) is 23.1 Å². The first-order chi connectivity index (χ1) is 9.74. The van der Waals surface area contributed by atoms with Gasteiger partial charge in [-0.05, 0) is 36.0 Å². The van der Waals surface area contributed by atoms with Gasteiger partial charge < -0.3 is 4.90 Å². The monoisotopic (exact) mass is 310 g/mol. The van der Waals surface area contributed by atoms with E-state index in [1.807, 2.05) is 6.92 Å². The second kappa shape index (κ2) is 5.77. The number of nitrogens with two attached hydrogens (primary N) is 1. The Morgan fingerprint density at radius 1 is 1.29 bits per heavy atom. The average molecular weight is 310 g/mol. The highest BCUT2D eigenvalue weighted by Gasteiger charge is 2.31. The van der Waals surface area contributed by atoms with Crippen molar-refractivity contribution in [1.29, 1.82) is 0 Å². The van der Waals surface area contributed by atoms with Gasteiger partial charge in [0.2, 0.25) is 10.0 Å².